The van der Waals surface area contributed by atoms with Crippen LogP contribution in [0.2, 0.25) is 0 Å². The normalized spacial score (nSPS) is 11.3. The number of halogens is 1. The van der Waals surface area contributed by atoms with Crippen LogP contribution in [0.15, 0.2) is 120 Å². The van der Waals surface area contributed by atoms with Crippen molar-refractivity contribution in [2.45, 2.75) is 0 Å². The van der Waals surface area contributed by atoms with Crippen LogP contribution in [0.3, 0.4) is 0 Å². The highest BCUT2D eigenvalue weighted by molar-refractivity contribution is 9.10. The van der Waals surface area contributed by atoms with Crippen molar-refractivity contribution in [1.82, 2.24) is 0 Å². The molecule has 0 fully saturated rings. The zero-order valence-electron chi connectivity index (χ0n) is 17.3. The predicted octanol–water partition coefficient (Wildman–Crippen LogP) is 9.37. The lowest BCUT2D eigenvalue weighted by Gasteiger charge is -2.14. The molecule has 0 saturated carbocycles. The first-order valence-corrected chi connectivity index (χ1v) is 11.4. The van der Waals surface area contributed by atoms with E-state index in [2.05, 4.69) is 101 Å². The van der Waals surface area contributed by atoms with Crippen LogP contribution in [0.25, 0.3) is 43.4 Å². The third-order valence-electron chi connectivity index (χ3n) is 5.93. The second-order valence-electron chi connectivity index (χ2n) is 7.95. The van der Waals surface area contributed by atoms with Crippen molar-refractivity contribution in [3.8, 4) is 22.6 Å². The van der Waals surface area contributed by atoms with E-state index in [9.17, 15) is 0 Å². The summed E-state index contributed by atoms with van der Waals surface area (Å²) < 4.78 is 7.39. The Kier molecular flexibility index (Phi) is 4.66. The monoisotopic (exact) mass is 474 g/mol. The fourth-order valence-corrected chi connectivity index (χ4v) is 4.95. The van der Waals surface area contributed by atoms with E-state index in [1.807, 2.05) is 30.3 Å². The maximum Gasteiger partial charge on any atom is 0.135 e. The van der Waals surface area contributed by atoms with Gasteiger partial charge in [0.15, 0.2) is 0 Å². The van der Waals surface area contributed by atoms with E-state index in [4.69, 9.17) is 4.74 Å². The molecule has 0 atom stereocenters. The van der Waals surface area contributed by atoms with Crippen molar-refractivity contribution in [3.05, 3.63) is 120 Å². The fraction of sp³-hybridized carbons (Fsp3) is 0. The smallest absolute Gasteiger partial charge is 0.135 e. The van der Waals surface area contributed by atoms with E-state index in [1.54, 1.807) is 0 Å². The molecule has 0 N–H and O–H groups in total. The lowest BCUT2D eigenvalue weighted by atomic mass is 9.93. The van der Waals surface area contributed by atoms with Gasteiger partial charge in [0.25, 0.3) is 0 Å². The molecule has 0 aliphatic heterocycles. The summed E-state index contributed by atoms with van der Waals surface area (Å²) in [7, 11) is 0. The van der Waals surface area contributed by atoms with Gasteiger partial charge in [-0.05, 0) is 68.4 Å². The van der Waals surface area contributed by atoms with Gasteiger partial charge in [0.05, 0.1) is 0 Å². The van der Waals surface area contributed by atoms with Gasteiger partial charge in [-0.1, -0.05) is 101 Å². The van der Waals surface area contributed by atoms with Gasteiger partial charge in [-0.2, -0.15) is 0 Å². The molecular weight excluding hydrogens is 456 g/mol. The minimum atomic E-state index is 0.808. The van der Waals surface area contributed by atoms with Gasteiger partial charge in [0.2, 0.25) is 0 Å². The summed E-state index contributed by atoms with van der Waals surface area (Å²) in [6.45, 7) is 0. The van der Waals surface area contributed by atoms with Crippen LogP contribution in [-0.2, 0) is 0 Å². The van der Waals surface area contributed by atoms with Crippen LogP contribution in [0.1, 0.15) is 0 Å². The van der Waals surface area contributed by atoms with Gasteiger partial charge in [0, 0.05) is 9.86 Å². The highest BCUT2D eigenvalue weighted by atomic mass is 79.9. The number of benzene rings is 6. The average Bonchev–Trinajstić information content (AvgIpc) is 2.83. The molecule has 1 nitrogen and oxygen atoms in total. The van der Waals surface area contributed by atoms with Crippen molar-refractivity contribution in [2.75, 3.05) is 0 Å². The third kappa shape index (κ3) is 3.34. The molecule has 0 aliphatic carbocycles. The highest BCUT2D eigenvalue weighted by Gasteiger charge is 2.11. The molecule has 0 saturated heterocycles. The Morgan fingerprint density at radius 1 is 0.500 bits per heavy atom. The number of hydrogen-bond donors (Lipinski definition) is 0. The van der Waals surface area contributed by atoms with Gasteiger partial charge in [0.1, 0.15) is 11.5 Å². The maximum atomic E-state index is 6.40. The molecule has 0 bridgehead atoms. The Hall–Kier alpha value is -3.62. The zero-order chi connectivity index (χ0) is 21.5. The molecule has 0 radical (unpaired) electrons. The van der Waals surface area contributed by atoms with Crippen molar-refractivity contribution in [2.24, 2.45) is 0 Å². The Bertz CT molecular complexity index is 1610. The molecule has 0 aromatic heterocycles. The number of ether oxygens (including phenoxy) is 1. The second-order valence-corrected chi connectivity index (χ2v) is 8.86. The van der Waals surface area contributed by atoms with Gasteiger partial charge in [-0.15, -0.1) is 0 Å². The van der Waals surface area contributed by atoms with Crippen LogP contribution >= 0.6 is 15.9 Å². The number of hydrogen-bond acceptors (Lipinski definition) is 1. The van der Waals surface area contributed by atoms with Crippen LogP contribution in [-0.4, -0.2) is 0 Å². The second kappa shape index (κ2) is 7.81. The van der Waals surface area contributed by atoms with E-state index >= 15 is 0 Å². The van der Waals surface area contributed by atoms with Crippen LogP contribution in [0.5, 0.6) is 11.5 Å². The van der Waals surface area contributed by atoms with E-state index in [0.717, 1.165) is 26.9 Å². The molecule has 0 aliphatic rings. The van der Waals surface area contributed by atoms with Crippen LogP contribution in [0, 0.1) is 0 Å². The molecule has 0 unspecified atom stereocenters. The number of fused-ring (bicyclic) bond motifs is 4. The Labute approximate surface area is 195 Å². The van der Waals surface area contributed by atoms with Gasteiger partial charge in [-0.3, -0.25) is 0 Å². The third-order valence-corrected chi connectivity index (χ3v) is 6.39. The first kappa shape index (κ1) is 19.1. The highest BCUT2D eigenvalue weighted by Crippen LogP contribution is 2.39. The Morgan fingerprint density at radius 3 is 2.00 bits per heavy atom. The summed E-state index contributed by atoms with van der Waals surface area (Å²) in [5.74, 6) is 1.67. The molecule has 0 heterocycles. The predicted molar refractivity (Wildman–Crippen MR) is 139 cm³/mol. The molecule has 0 spiro atoms. The Balaban J connectivity index is 1.53. The topological polar surface area (TPSA) is 9.23 Å². The first-order valence-electron chi connectivity index (χ1n) is 10.6. The van der Waals surface area contributed by atoms with Crippen molar-refractivity contribution in [3.63, 3.8) is 0 Å². The molecule has 6 aromatic carbocycles. The van der Waals surface area contributed by atoms with Gasteiger partial charge in [-0.25, -0.2) is 0 Å². The van der Waals surface area contributed by atoms with Gasteiger partial charge < -0.3 is 4.74 Å². The van der Waals surface area contributed by atoms with Crippen molar-refractivity contribution in [1.29, 1.82) is 0 Å². The molecule has 6 rings (SSSR count). The first-order chi connectivity index (χ1) is 15.8. The molecule has 32 heavy (non-hydrogen) atoms. The molecule has 0 amide bonds. The van der Waals surface area contributed by atoms with Gasteiger partial charge >= 0.3 is 0 Å². The summed E-state index contributed by atoms with van der Waals surface area (Å²) in [5, 5.41) is 7.28. The van der Waals surface area contributed by atoms with Crippen molar-refractivity contribution < 1.29 is 4.74 Å². The largest absolute Gasteiger partial charge is 0.457 e. The number of rotatable bonds is 3. The molecule has 2 heteroatoms. The lowest BCUT2D eigenvalue weighted by Crippen LogP contribution is -1.89. The quantitative estimate of drug-likeness (QED) is 0.232. The van der Waals surface area contributed by atoms with E-state index in [-0.39, 0.29) is 0 Å². The maximum absolute atomic E-state index is 6.40. The average molecular weight is 475 g/mol. The lowest BCUT2D eigenvalue weighted by molar-refractivity contribution is 0.488. The molecule has 6 aromatic rings. The fourth-order valence-electron chi connectivity index (χ4n) is 4.48. The van der Waals surface area contributed by atoms with Crippen LogP contribution in [0.4, 0.5) is 0 Å². The van der Waals surface area contributed by atoms with E-state index in [0.29, 0.717) is 0 Å². The molecular formula is C30H19BrO. The summed E-state index contributed by atoms with van der Waals surface area (Å²) in [5.41, 5.74) is 2.32. The summed E-state index contributed by atoms with van der Waals surface area (Å²) in [4.78, 5) is 0. The minimum Gasteiger partial charge on any atom is -0.457 e. The standard InChI is InChI=1S/C30H19BrO/c31-23-16-22(17-24(19-23)32-30-15-7-10-20-8-1-4-12-26(20)30)29-18-21-9-2-3-11-25(21)27-13-5-6-14-28(27)29/h1-19H. The summed E-state index contributed by atoms with van der Waals surface area (Å²) in [6, 6.07) is 40.2. The van der Waals surface area contributed by atoms with Crippen LogP contribution < -0.4 is 4.74 Å². The molecule has 152 valence electrons. The van der Waals surface area contributed by atoms with E-state index < -0.39 is 0 Å². The minimum absolute atomic E-state index is 0.808. The zero-order valence-corrected chi connectivity index (χ0v) is 18.8. The Morgan fingerprint density at radius 2 is 1.16 bits per heavy atom. The SMILES string of the molecule is Brc1cc(Oc2cccc3ccccc23)cc(-c2cc3ccccc3c3ccccc23)c1. The summed E-state index contributed by atoms with van der Waals surface area (Å²) >= 11 is 3.71. The van der Waals surface area contributed by atoms with E-state index in [1.165, 1.54) is 32.5 Å². The van der Waals surface area contributed by atoms with Crippen molar-refractivity contribution >= 4 is 48.2 Å². The summed E-state index contributed by atoms with van der Waals surface area (Å²) in [6.07, 6.45) is 0.